The number of allylic oxidation sites excluding steroid dienone is 1. The number of anilines is 3. The smallest absolute Gasteiger partial charge is 0.235 e. The van der Waals surface area contributed by atoms with E-state index in [2.05, 4.69) is 45.5 Å². The summed E-state index contributed by atoms with van der Waals surface area (Å²) in [4.78, 5) is 15.2. The van der Waals surface area contributed by atoms with Crippen molar-refractivity contribution in [1.82, 2.24) is 15.0 Å². The molecule has 134 valence electrons. The quantitative estimate of drug-likeness (QED) is 0.618. The van der Waals surface area contributed by atoms with Crippen molar-refractivity contribution in [2.75, 3.05) is 17.2 Å². The Bertz CT molecular complexity index is 669. The minimum Gasteiger partial charge on any atom is -0.368 e. The lowest BCUT2D eigenvalue weighted by molar-refractivity contribution is 0.607. The summed E-state index contributed by atoms with van der Waals surface area (Å²) < 4.78 is 0. The zero-order chi connectivity index (χ0) is 18.1. The first-order valence-corrected chi connectivity index (χ1v) is 9.12. The molecule has 0 atom stereocenters. The number of hydrogen-bond acceptors (Lipinski definition) is 5. The van der Waals surface area contributed by atoms with Crippen LogP contribution in [0.5, 0.6) is 0 Å². The average Bonchev–Trinajstić information content (AvgIpc) is 2.61. The number of nitrogen functional groups attached to an aromatic ring is 1. The topological polar surface area (TPSA) is 67.9 Å². The van der Waals surface area contributed by atoms with Crippen LogP contribution in [0.1, 0.15) is 58.2 Å². The molecule has 1 aromatic carbocycles. The van der Waals surface area contributed by atoms with Gasteiger partial charge in [0.15, 0.2) is 5.82 Å². The molecule has 0 bridgehead atoms. The molecule has 5 nitrogen and oxygen atoms in total. The van der Waals surface area contributed by atoms with Gasteiger partial charge in [-0.3, -0.25) is 0 Å². The van der Waals surface area contributed by atoms with Gasteiger partial charge in [-0.1, -0.05) is 63.8 Å². The van der Waals surface area contributed by atoms with E-state index in [-0.39, 0.29) is 5.95 Å². The van der Waals surface area contributed by atoms with Crippen molar-refractivity contribution in [1.29, 1.82) is 0 Å². The Kier molecular flexibility index (Phi) is 7.38. The summed E-state index contributed by atoms with van der Waals surface area (Å²) in [5, 5.41) is 0. The zero-order valence-corrected chi connectivity index (χ0v) is 15.4. The van der Waals surface area contributed by atoms with Gasteiger partial charge in [-0.05, 0) is 31.1 Å². The van der Waals surface area contributed by atoms with Crippen LogP contribution in [0.2, 0.25) is 0 Å². The van der Waals surface area contributed by atoms with Gasteiger partial charge < -0.3 is 10.6 Å². The third kappa shape index (κ3) is 5.85. The van der Waals surface area contributed by atoms with Crippen molar-refractivity contribution in [2.45, 2.75) is 52.4 Å². The molecule has 0 radical (unpaired) electrons. The molecule has 1 heterocycles. The third-order valence-corrected chi connectivity index (χ3v) is 4.07. The molecule has 2 N–H and O–H groups in total. The van der Waals surface area contributed by atoms with E-state index in [0.717, 1.165) is 24.2 Å². The summed E-state index contributed by atoms with van der Waals surface area (Å²) in [6.45, 7) is 8.88. The number of benzene rings is 1. The Balaban J connectivity index is 2.16. The van der Waals surface area contributed by atoms with Crippen LogP contribution in [0.25, 0.3) is 5.57 Å². The zero-order valence-electron chi connectivity index (χ0n) is 15.4. The third-order valence-electron chi connectivity index (χ3n) is 4.07. The van der Waals surface area contributed by atoms with Crippen LogP contribution < -0.4 is 10.6 Å². The first-order chi connectivity index (χ1) is 12.1. The van der Waals surface area contributed by atoms with Gasteiger partial charge in [0.2, 0.25) is 11.9 Å². The SMILES string of the molecule is C=C(C)c1nc(N)nc(N(CCCCCCCC)c2ccccc2)n1. The predicted molar refractivity (Wildman–Crippen MR) is 106 cm³/mol. The molecule has 0 unspecified atom stereocenters. The van der Waals surface area contributed by atoms with Crippen molar-refractivity contribution in [3.63, 3.8) is 0 Å². The number of rotatable bonds is 10. The highest BCUT2D eigenvalue weighted by Crippen LogP contribution is 2.24. The number of nitrogens with two attached hydrogens (primary N) is 1. The van der Waals surface area contributed by atoms with Gasteiger partial charge in [0.05, 0.1) is 0 Å². The lowest BCUT2D eigenvalue weighted by Gasteiger charge is -2.23. The van der Waals surface area contributed by atoms with Crippen molar-refractivity contribution in [3.05, 3.63) is 42.7 Å². The maximum Gasteiger partial charge on any atom is 0.235 e. The van der Waals surface area contributed by atoms with Crippen LogP contribution in [0.4, 0.5) is 17.6 Å². The average molecular weight is 339 g/mol. The minimum absolute atomic E-state index is 0.229. The normalized spacial score (nSPS) is 10.6. The summed E-state index contributed by atoms with van der Waals surface area (Å²) in [6.07, 6.45) is 7.45. The second-order valence-corrected chi connectivity index (χ2v) is 6.35. The van der Waals surface area contributed by atoms with Gasteiger partial charge in [0.25, 0.3) is 0 Å². The summed E-state index contributed by atoms with van der Waals surface area (Å²) in [5.41, 5.74) is 7.74. The Morgan fingerprint density at radius 3 is 2.36 bits per heavy atom. The number of nitrogens with zero attached hydrogens (tertiary/aromatic N) is 4. The van der Waals surface area contributed by atoms with E-state index in [1.54, 1.807) is 0 Å². The molecule has 0 aliphatic carbocycles. The lowest BCUT2D eigenvalue weighted by Crippen LogP contribution is -2.22. The molecule has 0 amide bonds. The second-order valence-electron chi connectivity index (χ2n) is 6.35. The van der Waals surface area contributed by atoms with Gasteiger partial charge in [-0.2, -0.15) is 15.0 Å². The molecule has 0 saturated carbocycles. The predicted octanol–water partition coefficient (Wildman–Crippen LogP) is 4.99. The van der Waals surface area contributed by atoms with Gasteiger partial charge in [0.1, 0.15) is 0 Å². The van der Waals surface area contributed by atoms with Gasteiger partial charge in [0, 0.05) is 12.2 Å². The fraction of sp³-hybridized carbons (Fsp3) is 0.450. The van der Waals surface area contributed by atoms with E-state index in [1.807, 2.05) is 25.1 Å². The fourth-order valence-electron chi connectivity index (χ4n) is 2.70. The van der Waals surface area contributed by atoms with Crippen LogP contribution in [-0.2, 0) is 0 Å². The van der Waals surface area contributed by atoms with Gasteiger partial charge in [-0.25, -0.2) is 0 Å². The highest BCUT2D eigenvalue weighted by Gasteiger charge is 2.14. The van der Waals surface area contributed by atoms with E-state index >= 15 is 0 Å². The summed E-state index contributed by atoms with van der Waals surface area (Å²) >= 11 is 0. The Hall–Kier alpha value is -2.43. The van der Waals surface area contributed by atoms with Gasteiger partial charge >= 0.3 is 0 Å². The molecular formula is C20H29N5. The van der Waals surface area contributed by atoms with E-state index in [0.29, 0.717) is 11.8 Å². The van der Waals surface area contributed by atoms with E-state index < -0.39 is 0 Å². The minimum atomic E-state index is 0.229. The first kappa shape index (κ1) is 18.9. The van der Waals surface area contributed by atoms with Crippen LogP contribution >= 0.6 is 0 Å². The molecule has 0 spiro atoms. The molecule has 0 aliphatic heterocycles. The lowest BCUT2D eigenvalue weighted by atomic mass is 10.1. The summed E-state index contributed by atoms with van der Waals surface area (Å²) in [6, 6.07) is 10.2. The van der Waals surface area contributed by atoms with Crippen LogP contribution in [-0.4, -0.2) is 21.5 Å². The molecule has 2 aromatic rings. The van der Waals surface area contributed by atoms with Crippen LogP contribution in [0.15, 0.2) is 36.9 Å². The maximum absolute atomic E-state index is 5.89. The van der Waals surface area contributed by atoms with Crippen molar-refractivity contribution in [2.24, 2.45) is 0 Å². The maximum atomic E-state index is 5.89. The summed E-state index contributed by atoms with van der Waals surface area (Å²) in [5.74, 6) is 1.36. The molecule has 0 fully saturated rings. The van der Waals surface area contributed by atoms with E-state index in [9.17, 15) is 0 Å². The van der Waals surface area contributed by atoms with Crippen molar-refractivity contribution >= 4 is 23.2 Å². The highest BCUT2D eigenvalue weighted by atomic mass is 15.3. The number of para-hydroxylation sites is 1. The van der Waals surface area contributed by atoms with Crippen molar-refractivity contribution in [3.8, 4) is 0 Å². The monoisotopic (exact) mass is 339 g/mol. The second kappa shape index (κ2) is 9.77. The molecule has 25 heavy (non-hydrogen) atoms. The summed E-state index contributed by atoms with van der Waals surface area (Å²) in [7, 11) is 0. The number of aromatic nitrogens is 3. The Labute approximate surface area is 151 Å². The van der Waals surface area contributed by atoms with Crippen molar-refractivity contribution < 1.29 is 0 Å². The number of hydrogen-bond donors (Lipinski definition) is 1. The molecule has 1 aromatic heterocycles. The Morgan fingerprint density at radius 1 is 1.00 bits per heavy atom. The Morgan fingerprint density at radius 2 is 1.68 bits per heavy atom. The van der Waals surface area contributed by atoms with E-state index in [1.165, 1.54) is 32.1 Å². The first-order valence-electron chi connectivity index (χ1n) is 9.12. The van der Waals surface area contributed by atoms with Crippen LogP contribution in [0.3, 0.4) is 0 Å². The molecule has 5 heteroatoms. The van der Waals surface area contributed by atoms with E-state index in [4.69, 9.17) is 5.73 Å². The van der Waals surface area contributed by atoms with Crippen LogP contribution in [0, 0.1) is 0 Å². The van der Waals surface area contributed by atoms with Gasteiger partial charge in [-0.15, -0.1) is 0 Å². The molecule has 2 rings (SSSR count). The largest absolute Gasteiger partial charge is 0.368 e. The molecule has 0 saturated heterocycles. The molecule has 0 aliphatic rings. The fourth-order valence-corrected chi connectivity index (χ4v) is 2.70. The highest BCUT2D eigenvalue weighted by molar-refractivity contribution is 5.61. The standard InChI is InChI=1S/C20H29N5/c1-4-5-6-7-8-12-15-25(17-13-10-9-11-14-17)20-23-18(16(2)3)22-19(21)24-20/h9-11,13-14H,2,4-8,12,15H2,1,3H3,(H2,21,22,23,24). The number of unbranched alkanes of at least 4 members (excludes halogenated alkanes) is 5. The molecular weight excluding hydrogens is 310 g/mol.